The average Bonchev–Trinajstić information content (AvgIpc) is 2.53. The number of rotatable bonds is 6. The van der Waals surface area contributed by atoms with Gasteiger partial charge in [0.25, 0.3) is 6.02 Å². The number of nitrogens with zero attached hydrogens (tertiary/aromatic N) is 1. The second kappa shape index (κ2) is 13.3. The molecule has 20 heavy (non-hydrogen) atoms. The van der Waals surface area contributed by atoms with Crippen LogP contribution in [0.25, 0.3) is 0 Å². The summed E-state index contributed by atoms with van der Waals surface area (Å²) >= 11 is 0. The van der Waals surface area contributed by atoms with E-state index in [2.05, 4.69) is 19.2 Å². The molecule has 1 aliphatic carbocycles. The molecule has 0 aromatic heterocycles. The van der Waals surface area contributed by atoms with Crippen molar-refractivity contribution >= 4 is 6.02 Å². The number of amidine groups is 1. The molecule has 1 rings (SSSR count). The molecule has 3 heteroatoms. The van der Waals surface area contributed by atoms with Crippen molar-refractivity contribution in [1.29, 1.82) is 0 Å². The first-order valence-electron chi connectivity index (χ1n) is 8.68. The SMILES string of the molecule is CC.CCCCC(CC)NC(=NC1CCCCC1)OC. The van der Waals surface area contributed by atoms with Gasteiger partial charge in [-0.3, -0.25) is 0 Å². The molecule has 0 bridgehead atoms. The van der Waals surface area contributed by atoms with Crippen molar-refractivity contribution < 1.29 is 4.74 Å². The average molecular weight is 284 g/mol. The fourth-order valence-electron chi connectivity index (χ4n) is 2.53. The number of hydrogen-bond acceptors (Lipinski definition) is 2. The molecule has 120 valence electrons. The summed E-state index contributed by atoms with van der Waals surface area (Å²) in [5.41, 5.74) is 0. The number of ether oxygens (including phenoxy) is 1. The quantitative estimate of drug-likeness (QED) is 0.555. The van der Waals surface area contributed by atoms with Crippen LogP contribution in [0.4, 0.5) is 0 Å². The topological polar surface area (TPSA) is 33.6 Å². The second-order valence-electron chi connectivity index (χ2n) is 5.32. The van der Waals surface area contributed by atoms with Crippen LogP contribution in [0.15, 0.2) is 4.99 Å². The third kappa shape index (κ3) is 8.44. The first-order valence-corrected chi connectivity index (χ1v) is 8.68. The molecule has 1 saturated carbocycles. The van der Waals surface area contributed by atoms with Gasteiger partial charge in [0.2, 0.25) is 0 Å². The summed E-state index contributed by atoms with van der Waals surface area (Å²) in [6, 6.07) is 1.74. The maximum Gasteiger partial charge on any atom is 0.284 e. The van der Waals surface area contributed by atoms with Gasteiger partial charge >= 0.3 is 0 Å². The van der Waals surface area contributed by atoms with Crippen LogP contribution >= 0.6 is 0 Å². The molecule has 0 aromatic rings. The molecule has 1 fully saturated rings. The molecule has 0 amide bonds. The minimum atomic E-state index is 0.477. The van der Waals surface area contributed by atoms with E-state index in [1.165, 1.54) is 51.4 Å². The highest BCUT2D eigenvalue weighted by Gasteiger charge is 2.15. The largest absolute Gasteiger partial charge is 0.469 e. The lowest BCUT2D eigenvalue weighted by Gasteiger charge is -2.22. The lowest BCUT2D eigenvalue weighted by molar-refractivity contribution is 0.347. The third-order valence-corrected chi connectivity index (χ3v) is 3.79. The summed E-state index contributed by atoms with van der Waals surface area (Å²) in [6.07, 6.45) is 11.3. The zero-order chi connectivity index (χ0) is 15.2. The smallest absolute Gasteiger partial charge is 0.284 e. The monoisotopic (exact) mass is 284 g/mol. The molecule has 1 atom stereocenters. The molecular weight excluding hydrogens is 248 g/mol. The molecule has 0 saturated heterocycles. The number of nitrogens with one attached hydrogen (secondary N) is 1. The van der Waals surface area contributed by atoms with Crippen molar-refractivity contribution in [3.63, 3.8) is 0 Å². The summed E-state index contributed by atoms with van der Waals surface area (Å²) in [5, 5.41) is 3.46. The molecule has 1 N–H and O–H groups in total. The molecule has 1 unspecified atom stereocenters. The van der Waals surface area contributed by atoms with Gasteiger partial charge in [-0.1, -0.05) is 59.8 Å². The van der Waals surface area contributed by atoms with Crippen molar-refractivity contribution in [3.05, 3.63) is 0 Å². The van der Waals surface area contributed by atoms with Crippen LogP contribution in [-0.4, -0.2) is 25.2 Å². The van der Waals surface area contributed by atoms with Crippen LogP contribution in [0, 0.1) is 0 Å². The summed E-state index contributed by atoms with van der Waals surface area (Å²) in [4.78, 5) is 4.73. The van der Waals surface area contributed by atoms with Gasteiger partial charge in [-0.15, -0.1) is 0 Å². The zero-order valence-electron chi connectivity index (χ0n) is 14.4. The van der Waals surface area contributed by atoms with Gasteiger partial charge < -0.3 is 10.1 Å². The van der Waals surface area contributed by atoms with Crippen molar-refractivity contribution in [3.8, 4) is 0 Å². The molecule has 0 heterocycles. The van der Waals surface area contributed by atoms with Gasteiger partial charge in [0.05, 0.1) is 13.2 Å². The second-order valence-corrected chi connectivity index (χ2v) is 5.32. The maximum absolute atomic E-state index is 5.40. The van der Waals surface area contributed by atoms with Crippen molar-refractivity contribution in [1.82, 2.24) is 5.32 Å². The molecule has 0 aromatic carbocycles. The Kier molecular flexibility index (Phi) is 12.8. The van der Waals surface area contributed by atoms with Gasteiger partial charge in [-0.25, -0.2) is 4.99 Å². The first-order chi connectivity index (χ1) is 9.80. The Morgan fingerprint density at radius 1 is 1.20 bits per heavy atom. The number of hydrogen-bond donors (Lipinski definition) is 1. The molecule has 3 nitrogen and oxygen atoms in total. The zero-order valence-corrected chi connectivity index (χ0v) is 14.4. The fourth-order valence-corrected chi connectivity index (χ4v) is 2.53. The summed E-state index contributed by atoms with van der Waals surface area (Å²) in [7, 11) is 1.72. The van der Waals surface area contributed by atoms with Gasteiger partial charge in [-0.05, 0) is 25.7 Å². The highest BCUT2D eigenvalue weighted by Crippen LogP contribution is 2.20. The van der Waals surface area contributed by atoms with Crippen LogP contribution in [0.1, 0.15) is 85.5 Å². The van der Waals surface area contributed by atoms with Crippen molar-refractivity contribution in [2.45, 2.75) is 97.6 Å². The van der Waals surface area contributed by atoms with E-state index >= 15 is 0 Å². The maximum atomic E-state index is 5.40. The van der Waals surface area contributed by atoms with Crippen molar-refractivity contribution in [2.24, 2.45) is 4.99 Å². The van der Waals surface area contributed by atoms with E-state index in [9.17, 15) is 0 Å². The van der Waals surface area contributed by atoms with Gasteiger partial charge in [0.15, 0.2) is 0 Å². The molecule has 0 spiro atoms. The van der Waals surface area contributed by atoms with Crippen LogP contribution in [0.3, 0.4) is 0 Å². The summed E-state index contributed by atoms with van der Waals surface area (Å²) < 4.78 is 5.40. The van der Waals surface area contributed by atoms with Crippen LogP contribution < -0.4 is 5.32 Å². The molecule has 0 aliphatic heterocycles. The Morgan fingerprint density at radius 2 is 1.85 bits per heavy atom. The van der Waals surface area contributed by atoms with Crippen LogP contribution in [0.5, 0.6) is 0 Å². The van der Waals surface area contributed by atoms with E-state index in [4.69, 9.17) is 9.73 Å². The van der Waals surface area contributed by atoms with E-state index in [0.717, 1.165) is 12.4 Å². The van der Waals surface area contributed by atoms with Crippen molar-refractivity contribution in [2.75, 3.05) is 7.11 Å². The number of methoxy groups -OCH3 is 1. The molecular formula is C17H36N2O. The minimum absolute atomic E-state index is 0.477. The third-order valence-electron chi connectivity index (χ3n) is 3.79. The number of unbranched alkanes of at least 4 members (excludes halogenated alkanes) is 1. The van der Waals surface area contributed by atoms with E-state index in [0.29, 0.717) is 12.1 Å². The van der Waals surface area contributed by atoms with E-state index in [-0.39, 0.29) is 0 Å². The fraction of sp³-hybridized carbons (Fsp3) is 0.941. The molecule has 0 radical (unpaired) electrons. The Balaban J connectivity index is 0.00000172. The van der Waals surface area contributed by atoms with E-state index in [1.807, 2.05) is 13.8 Å². The lowest BCUT2D eigenvalue weighted by Crippen LogP contribution is -2.36. The summed E-state index contributed by atoms with van der Waals surface area (Å²) in [5.74, 6) is 0. The Bertz CT molecular complexity index is 235. The van der Waals surface area contributed by atoms with Gasteiger partial charge in [-0.2, -0.15) is 0 Å². The van der Waals surface area contributed by atoms with E-state index < -0.39 is 0 Å². The Labute approximate surface area is 126 Å². The Morgan fingerprint density at radius 3 is 2.35 bits per heavy atom. The molecule has 1 aliphatic rings. The highest BCUT2D eigenvalue weighted by molar-refractivity contribution is 5.73. The predicted molar refractivity (Wildman–Crippen MR) is 89.4 cm³/mol. The lowest BCUT2D eigenvalue weighted by atomic mass is 9.96. The van der Waals surface area contributed by atoms with E-state index in [1.54, 1.807) is 7.11 Å². The summed E-state index contributed by atoms with van der Waals surface area (Å²) in [6.45, 7) is 8.46. The Hall–Kier alpha value is -0.730. The standard InChI is InChI=1S/C15H30N2O.C2H6/c1-4-6-10-13(5-2)16-15(18-3)17-14-11-8-7-9-12-14;1-2/h13-14H,4-12H2,1-3H3,(H,16,17);1-2H3. The number of aliphatic imine (C=N–C) groups is 1. The van der Waals surface area contributed by atoms with Crippen LogP contribution in [0.2, 0.25) is 0 Å². The minimum Gasteiger partial charge on any atom is -0.469 e. The van der Waals surface area contributed by atoms with Gasteiger partial charge in [0.1, 0.15) is 0 Å². The van der Waals surface area contributed by atoms with Crippen LogP contribution in [-0.2, 0) is 4.74 Å². The normalized spacial score (nSPS) is 17.9. The first kappa shape index (κ1) is 19.3. The van der Waals surface area contributed by atoms with Gasteiger partial charge in [0, 0.05) is 6.04 Å². The highest BCUT2D eigenvalue weighted by atomic mass is 16.5. The predicted octanol–water partition coefficient (Wildman–Crippen LogP) is 4.91.